The summed E-state index contributed by atoms with van der Waals surface area (Å²) in [7, 11) is 1.87. The molecule has 1 aromatic rings. The maximum atomic E-state index is 11.4. The van der Waals surface area contributed by atoms with Crippen molar-refractivity contribution in [3.05, 3.63) is 16.4 Å². The molecule has 1 aliphatic rings. The topological polar surface area (TPSA) is 58.4 Å². The normalized spacial score (nSPS) is 20.9. The molecule has 1 unspecified atom stereocenters. The van der Waals surface area contributed by atoms with Crippen LogP contribution >= 0.6 is 11.6 Å². The molecule has 1 aliphatic heterocycles. The number of carboxylic acids is 1. The fraction of sp³-hybridized carbons (Fsp3) is 0.714. The second-order valence-corrected chi connectivity index (χ2v) is 5.74. The number of carbonyl (C=O) groups is 1. The average Bonchev–Trinajstić information content (AvgIpc) is 2.60. The van der Waals surface area contributed by atoms with Gasteiger partial charge in [-0.1, -0.05) is 31.4 Å². The standard InChI is InChI=1S/C14H22ClN3O2/c1-3-10-13(15)12(17(2)16-10)9-18-8-6-4-5-7-11(18)14(19)20/h11H,3-9H2,1-2H3,(H,19,20). The zero-order chi connectivity index (χ0) is 14.7. The SMILES string of the molecule is CCc1nn(C)c(CN2CCCCCC2C(=O)O)c1Cl. The first kappa shape index (κ1) is 15.3. The molecule has 0 aromatic carbocycles. The Morgan fingerprint density at radius 2 is 2.20 bits per heavy atom. The Morgan fingerprint density at radius 1 is 1.45 bits per heavy atom. The molecule has 20 heavy (non-hydrogen) atoms. The number of aliphatic carboxylic acids is 1. The number of hydrogen-bond acceptors (Lipinski definition) is 3. The van der Waals surface area contributed by atoms with Gasteiger partial charge in [-0.05, 0) is 25.8 Å². The molecule has 2 rings (SSSR count). The van der Waals surface area contributed by atoms with Gasteiger partial charge in [0.1, 0.15) is 6.04 Å². The minimum atomic E-state index is -0.735. The van der Waals surface area contributed by atoms with Crippen LogP contribution in [-0.2, 0) is 24.8 Å². The largest absolute Gasteiger partial charge is 0.480 e. The molecule has 5 nitrogen and oxygen atoms in total. The first-order chi connectivity index (χ1) is 9.54. The fourth-order valence-electron chi connectivity index (χ4n) is 2.82. The van der Waals surface area contributed by atoms with Crippen LogP contribution in [0.1, 0.15) is 44.0 Å². The minimum absolute atomic E-state index is 0.409. The highest BCUT2D eigenvalue weighted by Gasteiger charge is 2.28. The van der Waals surface area contributed by atoms with E-state index >= 15 is 0 Å². The predicted molar refractivity (Wildman–Crippen MR) is 77.9 cm³/mol. The molecule has 0 spiro atoms. The maximum absolute atomic E-state index is 11.4. The molecule has 0 amide bonds. The van der Waals surface area contributed by atoms with Gasteiger partial charge in [0.05, 0.1) is 16.4 Å². The van der Waals surface area contributed by atoms with Crippen molar-refractivity contribution < 1.29 is 9.90 Å². The molecule has 1 saturated heterocycles. The molecule has 0 bridgehead atoms. The lowest BCUT2D eigenvalue weighted by Crippen LogP contribution is -2.40. The Balaban J connectivity index is 2.22. The van der Waals surface area contributed by atoms with Crippen molar-refractivity contribution in [1.82, 2.24) is 14.7 Å². The van der Waals surface area contributed by atoms with Crippen LogP contribution < -0.4 is 0 Å². The van der Waals surface area contributed by atoms with Gasteiger partial charge in [0, 0.05) is 13.6 Å². The van der Waals surface area contributed by atoms with Gasteiger partial charge in [0.25, 0.3) is 0 Å². The molecular weight excluding hydrogens is 278 g/mol. The van der Waals surface area contributed by atoms with E-state index in [1.54, 1.807) is 4.68 Å². The van der Waals surface area contributed by atoms with E-state index in [1.807, 2.05) is 18.9 Å². The molecule has 0 saturated carbocycles. The van der Waals surface area contributed by atoms with Gasteiger partial charge in [0.2, 0.25) is 0 Å². The molecule has 0 aliphatic carbocycles. The van der Waals surface area contributed by atoms with Gasteiger partial charge in [0.15, 0.2) is 0 Å². The van der Waals surface area contributed by atoms with Gasteiger partial charge in [-0.2, -0.15) is 5.10 Å². The van der Waals surface area contributed by atoms with Crippen LogP contribution in [0.2, 0.25) is 5.02 Å². The smallest absolute Gasteiger partial charge is 0.320 e. The molecule has 1 fully saturated rings. The van der Waals surface area contributed by atoms with E-state index < -0.39 is 12.0 Å². The zero-order valence-electron chi connectivity index (χ0n) is 12.1. The van der Waals surface area contributed by atoms with Crippen molar-refractivity contribution in [2.75, 3.05) is 6.54 Å². The summed E-state index contributed by atoms with van der Waals surface area (Å²) in [5, 5.41) is 14.5. The monoisotopic (exact) mass is 299 g/mol. The number of nitrogens with zero attached hydrogens (tertiary/aromatic N) is 3. The van der Waals surface area contributed by atoms with E-state index in [0.29, 0.717) is 18.0 Å². The number of carboxylic acid groups (broad SMARTS) is 1. The van der Waals surface area contributed by atoms with Gasteiger partial charge in [-0.15, -0.1) is 0 Å². The maximum Gasteiger partial charge on any atom is 0.320 e. The van der Waals surface area contributed by atoms with Gasteiger partial charge >= 0.3 is 5.97 Å². The van der Waals surface area contributed by atoms with Crippen LogP contribution in [0.3, 0.4) is 0 Å². The van der Waals surface area contributed by atoms with E-state index in [2.05, 4.69) is 5.10 Å². The Hall–Kier alpha value is -1.07. The van der Waals surface area contributed by atoms with Crippen LogP contribution in [0.4, 0.5) is 0 Å². The quantitative estimate of drug-likeness (QED) is 0.928. The molecule has 2 heterocycles. The van der Waals surface area contributed by atoms with Gasteiger partial charge in [-0.3, -0.25) is 14.4 Å². The summed E-state index contributed by atoms with van der Waals surface area (Å²) >= 11 is 6.36. The summed E-state index contributed by atoms with van der Waals surface area (Å²) in [6.45, 7) is 3.38. The van der Waals surface area contributed by atoms with Crippen LogP contribution in [0, 0.1) is 0 Å². The molecule has 1 atom stereocenters. The number of rotatable bonds is 4. The van der Waals surface area contributed by atoms with E-state index in [9.17, 15) is 9.90 Å². The second-order valence-electron chi connectivity index (χ2n) is 5.36. The van der Waals surface area contributed by atoms with Crippen LogP contribution in [0.15, 0.2) is 0 Å². The summed E-state index contributed by atoms with van der Waals surface area (Å²) < 4.78 is 1.78. The van der Waals surface area contributed by atoms with E-state index in [1.165, 1.54) is 0 Å². The number of hydrogen-bond donors (Lipinski definition) is 1. The van der Waals surface area contributed by atoms with Crippen molar-refractivity contribution in [3.8, 4) is 0 Å². The highest BCUT2D eigenvalue weighted by molar-refractivity contribution is 6.31. The molecule has 1 aromatic heterocycles. The van der Waals surface area contributed by atoms with E-state index in [-0.39, 0.29) is 0 Å². The Morgan fingerprint density at radius 3 is 2.80 bits per heavy atom. The average molecular weight is 300 g/mol. The van der Waals surface area contributed by atoms with Crippen molar-refractivity contribution in [2.45, 2.75) is 51.6 Å². The molecular formula is C14H22ClN3O2. The van der Waals surface area contributed by atoms with Crippen LogP contribution in [0.5, 0.6) is 0 Å². The summed E-state index contributed by atoms with van der Waals surface area (Å²) in [5.74, 6) is -0.735. The summed E-state index contributed by atoms with van der Waals surface area (Å²) in [6.07, 6.45) is 4.62. The third kappa shape index (κ3) is 3.15. The Labute approximate surface area is 124 Å². The molecule has 0 radical (unpaired) electrons. The van der Waals surface area contributed by atoms with Crippen molar-refractivity contribution >= 4 is 17.6 Å². The first-order valence-electron chi connectivity index (χ1n) is 7.21. The summed E-state index contributed by atoms with van der Waals surface area (Å²) in [6, 6.07) is -0.409. The molecule has 6 heteroatoms. The number of likely N-dealkylation sites (tertiary alicyclic amines) is 1. The predicted octanol–water partition coefficient (Wildman–Crippen LogP) is 2.47. The summed E-state index contributed by atoms with van der Waals surface area (Å²) in [5.41, 5.74) is 1.79. The first-order valence-corrected chi connectivity index (χ1v) is 7.59. The molecule has 112 valence electrons. The lowest BCUT2D eigenvalue weighted by molar-refractivity contribution is -0.143. The van der Waals surface area contributed by atoms with Gasteiger partial charge in [-0.25, -0.2) is 0 Å². The van der Waals surface area contributed by atoms with Crippen molar-refractivity contribution in [2.24, 2.45) is 7.05 Å². The lowest BCUT2D eigenvalue weighted by Gasteiger charge is -2.26. The number of aryl methyl sites for hydroxylation is 2. The van der Waals surface area contributed by atoms with Gasteiger partial charge < -0.3 is 5.11 Å². The number of aromatic nitrogens is 2. The Bertz CT molecular complexity index is 487. The third-order valence-electron chi connectivity index (χ3n) is 4.00. The van der Waals surface area contributed by atoms with Crippen LogP contribution in [0.25, 0.3) is 0 Å². The third-order valence-corrected chi connectivity index (χ3v) is 4.44. The fourth-order valence-corrected chi connectivity index (χ4v) is 3.17. The van der Waals surface area contributed by atoms with Crippen molar-refractivity contribution in [3.63, 3.8) is 0 Å². The molecule has 1 N–H and O–H groups in total. The zero-order valence-corrected chi connectivity index (χ0v) is 12.9. The summed E-state index contributed by atoms with van der Waals surface area (Å²) in [4.78, 5) is 13.5. The van der Waals surface area contributed by atoms with Crippen molar-refractivity contribution in [1.29, 1.82) is 0 Å². The minimum Gasteiger partial charge on any atom is -0.480 e. The van der Waals surface area contributed by atoms with Crippen LogP contribution in [-0.4, -0.2) is 38.3 Å². The highest BCUT2D eigenvalue weighted by atomic mass is 35.5. The van der Waals surface area contributed by atoms with E-state index in [0.717, 1.165) is 43.6 Å². The lowest BCUT2D eigenvalue weighted by atomic mass is 10.1. The Kier molecular flexibility index (Phi) is 5.05. The number of halogens is 1. The second kappa shape index (κ2) is 6.59. The van der Waals surface area contributed by atoms with E-state index in [4.69, 9.17) is 11.6 Å². The highest BCUT2D eigenvalue weighted by Crippen LogP contribution is 2.25.